The third-order valence-corrected chi connectivity index (χ3v) is 8.03. The first-order chi connectivity index (χ1) is 15.1. The van der Waals surface area contributed by atoms with Crippen LogP contribution in [-0.4, -0.2) is 10.1 Å². The first-order valence-electron chi connectivity index (χ1n) is 12.6. The van der Waals surface area contributed by atoms with Crippen LogP contribution in [0.5, 0.6) is 0 Å². The number of rotatable bonds is 3. The van der Waals surface area contributed by atoms with Gasteiger partial charge in [-0.05, 0) is 59.6 Å². The van der Waals surface area contributed by atoms with Crippen molar-refractivity contribution < 1.29 is 9.84 Å². The SMILES string of the molecule is CC(C)c1ccc([C@H]2OC3(CCCC3)c3c4c(nc(C(C)C)c32)CC(C)(C)CC4O)cc1. The Kier molecular flexibility index (Phi) is 5.30. The Hall–Kier alpha value is -1.71. The van der Waals surface area contributed by atoms with Gasteiger partial charge in [0.15, 0.2) is 0 Å². The summed E-state index contributed by atoms with van der Waals surface area (Å²) in [6, 6.07) is 9.00. The first-order valence-corrected chi connectivity index (χ1v) is 12.6. The van der Waals surface area contributed by atoms with Crippen LogP contribution in [0.15, 0.2) is 24.3 Å². The van der Waals surface area contributed by atoms with E-state index in [1.807, 2.05) is 0 Å². The second-order valence-corrected chi connectivity index (χ2v) is 11.9. The monoisotopic (exact) mass is 433 g/mol. The number of aromatic nitrogens is 1. The fourth-order valence-corrected chi connectivity index (χ4v) is 6.47. The number of nitrogens with zero attached hydrogens (tertiary/aromatic N) is 1. The zero-order valence-electron chi connectivity index (χ0n) is 20.7. The van der Waals surface area contributed by atoms with Crippen LogP contribution in [0, 0.1) is 5.41 Å². The van der Waals surface area contributed by atoms with Crippen LogP contribution in [0.1, 0.15) is 137 Å². The van der Waals surface area contributed by atoms with E-state index in [4.69, 9.17) is 9.72 Å². The molecule has 172 valence electrons. The highest BCUT2D eigenvalue weighted by Gasteiger charge is 2.52. The minimum absolute atomic E-state index is 0.0658. The zero-order chi connectivity index (χ0) is 22.8. The molecule has 2 aromatic rings. The van der Waals surface area contributed by atoms with Gasteiger partial charge in [0.2, 0.25) is 0 Å². The van der Waals surface area contributed by atoms with E-state index in [9.17, 15) is 5.11 Å². The van der Waals surface area contributed by atoms with Crippen molar-refractivity contribution in [1.29, 1.82) is 0 Å². The van der Waals surface area contributed by atoms with E-state index in [0.29, 0.717) is 11.8 Å². The van der Waals surface area contributed by atoms with Crippen molar-refractivity contribution in [3.8, 4) is 0 Å². The normalized spacial score (nSPS) is 25.5. The highest BCUT2D eigenvalue weighted by Crippen LogP contribution is 2.59. The van der Waals surface area contributed by atoms with Gasteiger partial charge in [0.05, 0.1) is 11.7 Å². The molecule has 0 radical (unpaired) electrons. The lowest BCUT2D eigenvalue weighted by molar-refractivity contribution is -0.0580. The number of hydrogen-bond acceptors (Lipinski definition) is 3. The van der Waals surface area contributed by atoms with E-state index in [2.05, 4.69) is 65.8 Å². The van der Waals surface area contributed by atoms with Gasteiger partial charge in [0.1, 0.15) is 6.10 Å². The second kappa shape index (κ2) is 7.67. The molecule has 3 heteroatoms. The number of ether oxygens (including phenoxy) is 1. The summed E-state index contributed by atoms with van der Waals surface area (Å²) in [5, 5.41) is 11.4. The van der Waals surface area contributed by atoms with Crippen molar-refractivity contribution in [1.82, 2.24) is 4.98 Å². The largest absolute Gasteiger partial charge is 0.388 e. The Morgan fingerprint density at radius 2 is 1.62 bits per heavy atom. The van der Waals surface area contributed by atoms with Crippen LogP contribution >= 0.6 is 0 Å². The molecule has 0 bridgehead atoms. The Morgan fingerprint density at radius 3 is 2.22 bits per heavy atom. The third kappa shape index (κ3) is 3.44. The lowest BCUT2D eigenvalue weighted by Gasteiger charge is -2.38. The van der Waals surface area contributed by atoms with Crippen LogP contribution in [0.2, 0.25) is 0 Å². The van der Waals surface area contributed by atoms with Gasteiger partial charge in [-0.25, -0.2) is 0 Å². The molecule has 5 rings (SSSR count). The highest BCUT2D eigenvalue weighted by atomic mass is 16.5. The van der Waals surface area contributed by atoms with Gasteiger partial charge in [0.25, 0.3) is 0 Å². The molecule has 1 spiro atoms. The van der Waals surface area contributed by atoms with Crippen LogP contribution in [-0.2, 0) is 16.8 Å². The van der Waals surface area contributed by atoms with Crippen molar-refractivity contribution in [2.45, 2.75) is 110 Å². The molecule has 2 atom stereocenters. The molecule has 32 heavy (non-hydrogen) atoms. The second-order valence-electron chi connectivity index (χ2n) is 11.9. The summed E-state index contributed by atoms with van der Waals surface area (Å²) in [7, 11) is 0. The Balaban J connectivity index is 1.74. The summed E-state index contributed by atoms with van der Waals surface area (Å²) in [6.07, 6.45) is 5.63. The molecule has 1 N–H and O–H groups in total. The van der Waals surface area contributed by atoms with E-state index in [0.717, 1.165) is 36.9 Å². The van der Waals surface area contributed by atoms with Crippen LogP contribution in [0.3, 0.4) is 0 Å². The molecule has 2 heterocycles. The van der Waals surface area contributed by atoms with Gasteiger partial charge in [-0.2, -0.15) is 0 Å². The van der Waals surface area contributed by atoms with Crippen molar-refractivity contribution in [2.75, 3.05) is 0 Å². The molecule has 1 fully saturated rings. The topological polar surface area (TPSA) is 42.4 Å². The van der Waals surface area contributed by atoms with Gasteiger partial charge >= 0.3 is 0 Å². The molecule has 1 aliphatic heterocycles. The van der Waals surface area contributed by atoms with Crippen molar-refractivity contribution in [2.24, 2.45) is 5.41 Å². The van der Waals surface area contributed by atoms with E-state index in [-0.39, 0.29) is 17.1 Å². The smallest absolute Gasteiger partial charge is 0.111 e. The van der Waals surface area contributed by atoms with Crippen molar-refractivity contribution >= 4 is 0 Å². The zero-order valence-corrected chi connectivity index (χ0v) is 20.7. The molecule has 3 aliphatic rings. The van der Waals surface area contributed by atoms with Gasteiger partial charge in [-0.1, -0.05) is 78.6 Å². The molecule has 1 saturated carbocycles. The van der Waals surface area contributed by atoms with Crippen LogP contribution in [0.4, 0.5) is 0 Å². The summed E-state index contributed by atoms with van der Waals surface area (Å²) >= 11 is 0. The molecule has 1 aromatic heterocycles. The van der Waals surface area contributed by atoms with Crippen molar-refractivity contribution in [3.05, 3.63) is 63.5 Å². The molecule has 0 saturated heterocycles. The third-order valence-electron chi connectivity index (χ3n) is 8.03. The van der Waals surface area contributed by atoms with Gasteiger partial charge < -0.3 is 9.84 Å². The lowest BCUT2D eigenvalue weighted by Crippen LogP contribution is -2.32. The predicted molar refractivity (Wildman–Crippen MR) is 129 cm³/mol. The maximum absolute atomic E-state index is 11.4. The summed E-state index contributed by atoms with van der Waals surface area (Å²) in [5.74, 6) is 0.828. The number of benzene rings is 1. The number of aliphatic hydroxyl groups is 1. The molecule has 3 nitrogen and oxygen atoms in total. The van der Waals surface area contributed by atoms with E-state index in [1.54, 1.807) is 0 Å². The van der Waals surface area contributed by atoms with Crippen LogP contribution < -0.4 is 0 Å². The molecule has 1 unspecified atom stereocenters. The average molecular weight is 434 g/mol. The summed E-state index contributed by atoms with van der Waals surface area (Å²) in [6.45, 7) is 13.5. The van der Waals surface area contributed by atoms with Gasteiger partial charge in [-0.3, -0.25) is 4.98 Å². The van der Waals surface area contributed by atoms with E-state index < -0.39 is 6.10 Å². The summed E-state index contributed by atoms with van der Waals surface area (Å²) < 4.78 is 7.07. The van der Waals surface area contributed by atoms with Gasteiger partial charge in [0, 0.05) is 22.5 Å². The molecule has 1 aromatic carbocycles. The number of hydrogen-bond donors (Lipinski definition) is 1. The number of aliphatic hydroxyl groups excluding tert-OH is 1. The fraction of sp³-hybridized carbons (Fsp3) is 0.621. The fourth-order valence-electron chi connectivity index (χ4n) is 6.47. The Bertz CT molecular complexity index is 1010. The Morgan fingerprint density at radius 1 is 0.969 bits per heavy atom. The quantitative estimate of drug-likeness (QED) is 0.555. The maximum Gasteiger partial charge on any atom is 0.111 e. The molecule has 0 amide bonds. The molecular weight excluding hydrogens is 394 g/mol. The van der Waals surface area contributed by atoms with E-state index >= 15 is 0 Å². The number of fused-ring (bicyclic) bond motifs is 4. The number of pyridine rings is 1. The Labute approximate surface area is 193 Å². The molecular formula is C29H39NO2. The van der Waals surface area contributed by atoms with Crippen molar-refractivity contribution in [3.63, 3.8) is 0 Å². The minimum atomic E-state index is -0.459. The van der Waals surface area contributed by atoms with Gasteiger partial charge in [-0.15, -0.1) is 0 Å². The first kappa shape index (κ1) is 22.1. The standard InChI is InChI=1S/C29H39NO2/c1-17(2)19-9-11-20(12-10-19)27-24-25(29(32-27)13-7-8-14-29)23-21(30-26(24)18(3)4)15-28(5,6)16-22(23)31/h9-12,17-18,22,27,31H,7-8,13-16H2,1-6H3/t22?,27-/m1/s1. The predicted octanol–water partition coefficient (Wildman–Crippen LogP) is 7.22. The average Bonchev–Trinajstić information content (AvgIpc) is 3.32. The highest BCUT2D eigenvalue weighted by molar-refractivity contribution is 5.54. The molecule has 2 aliphatic carbocycles. The van der Waals surface area contributed by atoms with E-state index in [1.165, 1.54) is 40.8 Å². The summed E-state index contributed by atoms with van der Waals surface area (Å²) in [5.41, 5.74) is 8.33. The maximum atomic E-state index is 11.4. The summed E-state index contributed by atoms with van der Waals surface area (Å²) in [4.78, 5) is 5.27. The van der Waals surface area contributed by atoms with Crippen LogP contribution in [0.25, 0.3) is 0 Å². The minimum Gasteiger partial charge on any atom is -0.388 e. The lowest BCUT2D eigenvalue weighted by atomic mass is 9.70.